The molecule has 0 heterocycles. The van der Waals surface area contributed by atoms with Crippen molar-refractivity contribution in [1.29, 1.82) is 0 Å². The first-order valence-electron chi connectivity index (χ1n) is 9.30. The van der Waals surface area contributed by atoms with Gasteiger partial charge < -0.3 is 5.32 Å². The van der Waals surface area contributed by atoms with Gasteiger partial charge in [0.05, 0.1) is 15.5 Å². The van der Waals surface area contributed by atoms with Crippen LogP contribution in [0.2, 0.25) is 10.0 Å². The first kappa shape index (κ1) is 23.5. The van der Waals surface area contributed by atoms with Gasteiger partial charge in [-0.2, -0.15) is 0 Å². The Morgan fingerprint density at radius 2 is 1.65 bits per heavy atom. The molecule has 0 saturated carbocycles. The molecule has 5 nitrogen and oxygen atoms in total. The van der Waals surface area contributed by atoms with E-state index in [1.807, 2.05) is 31.2 Å². The zero-order valence-corrected chi connectivity index (χ0v) is 19.7. The number of rotatable bonds is 8. The van der Waals surface area contributed by atoms with Crippen LogP contribution in [0.15, 0.2) is 76.5 Å². The Morgan fingerprint density at radius 3 is 2.32 bits per heavy atom. The number of amides is 1. The van der Waals surface area contributed by atoms with Crippen molar-refractivity contribution in [2.75, 3.05) is 17.0 Å². The van der Waals surface area contributed by atoms with Gasteiger partial charge in [-0.25, -0.2) is 8.42 Å². The van der Waals surface area contributed by atoms with Crippen LogP contribution in [-0.4, -0.2) is 26.6 Å². The monoisotopic (exact) mass is 494 g/mol. The molecule has 0 aliphatic carbocycles. The summed E-state index contributed by atoms with van der Waals surface area (Å²) in [5.41, 5.74) is 1.41. The van der Waals surface area contributed by atoms with E-state index in [0.717, 1.165) is 10.5 Å². The molecule has 31 heavy (non-hydrogen) atoms. The third kappa shape index (κ3) is 6.64. The SMILES string of the molecule is Cc1ccc(S(=O)(=O)Nc2ccc(Cl)c(C(=O)NCCSc3ccc(Cl)cc3)c2)cc1. The van der Waals surface area contributed by atoms with E-state index in [-0.39, 0.29) is 27.1 Å². The molecule has 3 rings (SSSR count). The number of sulfonamides is 1. The largest absolute Gasteiger partial charge is 0.351 e. The van der Waals surface area contributed by atoms with Gasteiger partial charge in [0.2, 0.25) is 0 Å². The lowest BCUT2D eigenvalue weighted by molar-refractivity contribution is 0.0956. The van der Waals surface area contributed by atoms with Crippen LogP contribution in [-0.2, 0) is 10.0 Å². The van der Waals surface area contributed by atoms with Gasteiger partial charge in [0.1, 0.15) is 0 Å². The molecule has 3 aromatic carbocycles. The molecule has 0 saturated heterocycles. The summed E-state index contributed by atoms with van der Waals surface area (Å²) >= 11 is 13.6. The summed E-state index contributed by atoms with van der Waals surface area (Å²) in [5.74, 6) is 0.281. The summed E-state index contributed by atoms with van der Waals surface area (Å²) in [6.45, 7) is 2.30. The Balaban J connectivity index is 1.62. The maximum Gasteiger partial charge on any atom is 0.261 e. The summed E-state index contributed by atoms with van der Waals surface area (Å²) in [4.78, 5) is 13.7. The third-order valence-electron chi connectivity index (χ3n) is 4.26. The predicted molar refractivity (Wildman–Crippen MR) is 128 cm³/mol. The van der Waals surface area contributed by atoms with Gasteiger partial charge in [0.15, 0.2) is 0 Å². The second kappa shape index (κ2) is 10.4. The van der Waals surface area contributed by atoms with Gasteiger partial charge >= 0.3 is 0 Å². The highest BCUT2D eigenvalue weighted by Gasteiger charge is 2.16. The zero-order chi connectivity index (χ0) is 22.4. The smallest absolute Gasteiger partial charge is 0.261 e. The summed E-state index contributed by atoms with van der Waals surface area (Å²) < 4.78 is 27.7. The number of thioether (sulfide) groups is 1. The molecule has 0 aromatic heterocycles. The fourth-order valence-electron chi connectivity index (χ4n) is 2.65. The normalized spacial score (nSPS) is 11.2. The van der Waals surface area contributed by atoms with E-state index in [4.69, 9.17) is 23.2 Å². The minimum absolute atomic E-state index is 0.137. The van der Waals surface area contributed by atoms with Gasteiger partial charge in [-0.1, -0.05) is 40.9 Å². The lowest BCUT2D eigenvalue weighted by Gasteiger charge is -2.11. The molecule has 0 fully saturated rings. The quantitative estimate of drug-likeness (QED) is 0.314. The van der Waals surface area contributed by atoms with E-state index in [2.05, 4.69) is 10.0 Å². The highest BCUT2D eigenvalue weighted by Crippen LogP contribution is 2.24. The summed E-state index contributed by atoms with van der Waals surface area (Å²) in [6, 6.07) is 18.4. The average Bonchev–Trinajstić information content (AvgIpc) is 2.74. The van der Waals surface area contributed by atoms with Crippen LogP contribution < -0.4 is 10.0 Å². The summed E-state index contributed by atoms with van der Waals surface area (Å²) in [6.07, 6.45) is 0. The molecule has 1 amide bonds. The molecular weight excluding hydrogens is 475 g/mol. The third-order valence-corrected chi connectivity index (χ3v) is 7.26. The number of benzene rings is 3. The molecule has 0 bridgehead atoms. The van der Waals surface area contributed by atoms with Crippen LogP contribution in [0.25, 0.3) is 0 Å². The van der Waals surface area contributed by atoms with Crippen LogP contribution >= 0.6 is 35.0 Å². The number of nitrogens with one attached hydrogen (secondary N) is 2. The molecule has 0 aliphatic rings. The Kier molecular flexibility index (Phi) is 7.89. The van der Waals surface area contributed by atoms with E-state index in [9.17, 15) is 13.2 Å². The van der Waals surface area contributed by atoms with Crippen molar-refractivity contribution in [1.82, 2.24) is 5.32 Å². The highest BCUT2D eigenvalue weighted by atomic mass is 35.5. The number of anilines is 1. The van der Waals surface area contributed by atoms with Crippen molar-refractivity contribution in [2.24, 2.45) is 0 Å². The molecule has 0 spiro atoms. The number of carbonyl (C=O) groups is 1. The number of aryl methyl sites for hydroxylation is 1. The van der Waals surface area contributed by atoms with E-state index < -0.39 is 10.0 Å². The second-order valence-corrected chi connectivity index (χ2v) is 10.4. The van der Waals surface area contributed by atoms with Gasteiger partial charge in [0.25, 0.3) is 15.9 Å². The van der Waals surface area contributed by atoms with E-state index >= 15 is 0 Å². The zero-order valence-electron chi connectivity index (χ0n) is 16.6. The summed E-state index contributed by atoms with van der Waals surface area (Å²) in [5, 5.41) is 3.71. The van der Waals surface area contributed by atoms with Crippen LogP contribution in [0.4, 0.5) is 5.69 Å². The maximum atomic E-state index is 12.6. The molecular formula is C22H20Cl2N2O3S2. The molecule has 3 aromatic rings. The fraction of sp³-hybridized carbons (Fsp3) is 0.136. The minimum Gasteiger partial charge on any atom is -0.351 e. The molecule has 0 radical (unpaired) electrons. The van der Waals surface area contributed by atoms with Gasteiger partial charge in [-0.3, -0.25) is 9.52 Å². The highest BCUT2D eigenvalue weighted by molar-refractivity contribution is 7.99. The first-order valence-corrected chi connectivity index (χ1v) is 12.5. The van der Waals surface area contributed by atoms with E-state index in [1.165, 1.54) is 30.3 Å². The van der Waals surface area contributed by atoms with Crippen molar-refractivity contribution in [2.45, 2.75) is 16.7 Å². The lowest BCUT2D eigenvalue weighted by atomic mass is 10.2. The van der Waals surface area contributed by atoms with Crippen LogP contribution in [0.3, 0.4) is 0 Å². The van der Waals surface area contributed by atoms with Crippen LogP contribution in [0.5, 0.6) is 0 Å². The van der Waals surface area contributed by atoms with Crippen molar-refractivity contribution in [3.63, 3.8) is 0 Å². The Bertz CT molecular complexity index is 1170. The molecule has 2 N–H and O–H groups in total. The Morgan fingerprint density at radius 1 is 0.968 bits per heavy atom. The Labute approximate surface area is 196 Å². The number of hydrogen-bond donors (Lipinski definition) is 2. The van der Waals surface area contributed by atoms with Crippen molar-refractivity contribution in [3.8, 4) is 0 Å². The molecule has 9 heteroatoms. The average molecular weight is 495 g/mol. The fourth-order valence-corrected chi connectivity index (χ4v) is 4.80. The van der Waals surface area contributed by atoms with Crippen molar-refractivity contribution < 1.29 is 13.2 Å². The first-order chi connectivity index (χ1) is 14.7. The van der Waals surface area contributed by atoms with Crippen LogP contribution in [0.1, 0.15) is 15.9 Å². The topological polar surface area (TPSA) is 75.3 Å². The minimum atomic E-state index is -3.78. The van der Waals surface area contributed by atoms with Crippen LogP contribution in [0, 0.1) is 6.92 Å². The predicted octanol–water partition coefficient (Wildman–Crippen LogP) is 5.62. The van der Waals surface area contributed by atoms with Crippen molar-refractivity contribution >= 4 is 56.6 Å². The van der Waals surface area contributed by atoms with Gasteiger partial charge in [-0.05, 0) is 61.5 Å². The number of carbonyl (C=O) groups excluding carboxylic acids is 1. The lowest BCUT2D eigenvalue weighted by Crippen LogP contribution is -2.26. The van der Waals surface area contributed by atoms with E-state index in [1.54, 1.807) is 23.9 Å². The molecule has 0 aliphatic heterocycles. The van der Waals surface area contributed by atoms with Crippen molar-refractivity contribution in [3.05, 3.63) is 87.9 Å². The van der Waals surface area contributed by atoms with Gasteiger partial charge in [-0.15, -0.1) is 11.8 Å². The molecule has 0 unspecified atom stereocenters. The summed E-state index contributed by atoms with van der Waals surface area (Å²) in [7, 11) is -3.78. The number of hydrogen-bond acceptors (Lipinski definition) is 4. The maximum absolute atomic E-state index is 12.6. The molecule has 162 valence electrons. The Hall–Kier alpha value is -2.19. The van der Waals surface area contributed by atoms with Gasteiger partial charge in [0, 0.05) is 27.9 Å². The standard InChI is InChI=1S/C22H20Cl2N2O3S2/c1-15-2-9-19(10-3-15)31(28,29)26-17-6-11-21(24)20(14-17)22(27)25-12-13-30-18-7-4-16(23)5-8-18/h2-11,14,26H,12-13H2,1H3,(H,25,27). The van der Waals surface area contributed by atoms with E-state index in [0.29, 0.717) is 17.3 Å². The molecule has 0 atom stereocenters. The number of halogens is 2. The second-order valence-electron chi connectivity index (χ2n) is 6.67.